The second kappa shape index (κ2) is 5.83. The van der Waals surface area contributed by atoms with Crippen LogP contribution in [0.1, 0.15) is 44.9 Å². The molecule has 0 heterocycles. The molecule has 0 bridgehead atoms. The predicted molar refractivity (Wildman–Crippen MR) is 64.3 cm³/mol. The smallest absolute Gasteiger partial charge is 0.220 e. The molecule has 4 heteroatoms. The van der Waals surface area contributed by atoms with E-state index in [2.05, 4.69) is 5.32 Å². The summed E-state index contributed by atoms with van der Waals surface area (Å²) in [4.78, 5) is 11.8. The third-order valence-electron chi connectivity index (χ3n) is 4.21. The van der Waals surface area contributed by atoms with Crippen molar-refractivity contribution in [3.8, 4) is 0 Å². The third-order valence-corrected chi connectivity index (χ3v) is 4.21. The van der Waals surface area contributed by atoms with Gasteiger partial charge in [0.1, 0.15) is 0 Å². The SMILES string of the molecule is O=C(CC1CCCC1)N[C@@H]1C[C@H](CO)[C@H](O)C1. The van der Waals surface area contributed by atoms with E-state index in [0.717, 1.165) is 0 Å². The number of amides is 1. The Kier molecular flexibility index (Phi) is 4.40. The Bertz CT molecular complexity index is 263. The molecule has 2 saturated carbocycles. The van der Waals surface area contributed by atoms with E-state index in [0.29, 0.717) is 25.2 Å². The van der Waals surface area contributed by atoms with E-state index in [4.69, 9.17) is 5.11 Å². The van der Waals surface area contributed by atoms with Gasteiger partial charge in [0.2, 0.25) is 5.91 Å². The number of carbonyl (C=O) groups excluding carboxylic acids is 1. The van der Waals surface area contributed by atoms with Gasteiger partial charge < -0.3 is 15.5 Å². The van der Waals surface area contributed by atoms with Gasteiger partial charge in [0, 0.05) is 25.0 Å². The van der Waals surface area contributed by atoms with Gasteiger partial charge in [-0.1, -0.05) is 12.8 Å². The van der Waals surface area contributed by atoms with E-state index in [-0.39, 0.29) is 24.5 Å². The van der Waals surface area contributed by atoms with Crippen LogP contribution in [-0.2, 0) is 4.79 Å². The topological polar surface area (TPSA) is 69.6 Å². The largest absolute Gasteiger partial charge is 0.396 e. The quantitative estimate of drug-likeness (QED) is 0.682. The van der Waals surface area contributed by atoms with Crippen LogP contribution >= 0.6 is 0 Å². The lowest BCUT2D eigenvalue weighted by molar-refractivity contribution is -0.122. The number of aliphatic hydroxyl groups is 2. The van der Waals surface area contributed by atoms with Crippen molar-refractivity contribution in [2.24, 2.45) is 11.8 Å². The van der Waals surface area contributed by atoms with Crippen LogP contribution in [0.15, 0.2) is 0 Å². The van der Waals surface area contributed by atoms with Gasteiger partial charge in [-0.15, -0.1) is 0 Å². The van der Waals surface area contributed by atoms with E-state index < -0.39 is 6.10 Å². The molecule has 2 aliphatic rings. The van der Waals surface area contributed by atoms with Crippen LogP contribution < -0.4 is 5.32 Å². The average molecular weight is 241 g/mol. The molecular weight excluding hydrogens is 218 g/mol. The fourth-order valence-electron chi connectivity index (χ4n) is 3.18. The molecule has 0 aromatic carbocycles. The van der Waals surface area contributed by atoms with Gasteiger partial charge >= 0.3 is 0 Å². The molecule has 0 saturated heterocycles. The Balaban J connectivity index is 1.71. The molecule has 0 spiro atoms. The van der Waals surface area contributed by atoms with Crippen molar-refractivity contribution >= 4 is 5.91 Å². The van der Waals surface area contributed by atoms with Crippen LogP contribution in [0.4, 0.5) is 0 Å². The van der Waals surface area contributed by atoms with E-state index in [9.17, 15) is 9.90 Å². The van der Waals surface area contributed by atoms with Gasteiger partial charge in [0.05, 0.1) is 6.10 Å². The van der Waals surface area contributed by atoms with E-state index in [1.54, 1.807) is 0 Å². The maximum absolute atomic E-state index is 11.8. The standard InChI is InChI=1S/C13H23NO3/c15-8-10-6-11(7-12(10)16)14-13(17)5-9-3-1-2-4-9/h9-12,15-16H,1-8H2,(H,14,17)/t10-,11-,12-/m1/s1. The highest BCUT2D eigenvalue weighted by Crippen LogP contribution is 2.29. The zero-order valence-electron chi connectivity index (χ0n) is 10.3. The van der Waals surface area contributed by atoms with Crippen molar-refractivity contribution in [1.82, 2.24) is 5.32 Å². The zero-order chi connectivity index (χ0) is 12.3. The second-order valence-corrected chi connectivity index (χ2v) is 5.60. The summed E-state index contributed by atoms with van der Waals surface area (Å²) in [6.07, 6.45) is 6.34. The lowest BCUT2D eigenvalue weighted by atomic mass is 10.0. The maximum atomic E-state index is 11.8. The molecule has 2 fully saturated rings. The van der Waals surface area contributed by atoms with Gasteiger partial charge in [-0.3, -0.25) is 4.79 Å². The molecule has 2 rings (SSSR count). The summed E-state index contributed by atoms with van der Waals surface area (Å²) in [5, 5.41) is 21.7. The first-order valence-electron chi connectivity index (χ1n) is 6.77. The fraction of sp³-hybridized carbons (Fsp3) is 0.923. The second-order valence-electron chi connectivity index (χ2n) is 5.60. The average Bonchev–Trinajstić information content (AvgIpc) is 2.88. The molecule has 0 radical (unpaired) electrons. The molecule has 1 amide bonds. The van der Waals surface area contributed by atoms with Gasteiger partial charge in [0.15, 0.2) is 0 Å². The first-order chi connectivity index (χ1) is 8.19. The number of aliphatic hydroxyl groups excluding tert-OH is 2. The van der Waals surface area contributed by atoms with Gasteiger partial charge in [-0.05, 0) is 31.6 Å². The maximum Gasteiger partial charge on any atom is 0.220 e. The molecular formula is C13H23NO3. The Morgan fingerprint density at radius 1 is 1.24 bits per heavy atom. The molecule has 2 aliphatic carbocycles. The van der Waals surface area contributed by atoms with E-state index >= 15 is 0 Å². The molecule has 17 heavy (non-hydrogen) atoms. The molecule has 0 aliphatic heterocycles. The highest BCUT2D eigenvalue weighted by Gasteiger charge is 2.33. The van der Waals surface area contributed by atoms with Crippen LogP contribution in [-0.4, -0.2) is 34.9 Å². The summed E-state index contributed by atoms with van der Waals surface area (Å²) in [6, 6.07) is 0.0519. The van der Waals surface area contributed by atoms with E-state index in [1.165, 1.54) is 25.7 Å². The predicted octanol–water partition coefficient (Wildman–Crippen LogP) is 0.815. The lowest BCUT2D eigenvalue weighted by Gasteiger charge is -2.14. The van der Waals surface area contributed by atoms with Crippen molar-refractivity contribution < 1.29 is 15.0 Å². The van der Waals surface area contributed by atoms with E-state index in [1.807, 2.05) is 0 Å². The number of rotatable bonds is 4. The molecule has 0 aromatic heterocycles. The molecule has 0 aromatic rings. The third kappa shape index (κ3) is 3.42. The summed E-state index contributed by atoms with van der Waals surface area (Å²) in [5.41, 5.74) is 0. The zero-order valence-corrected chi connectivity index (χ0v) is 10.3. The van der Waals surface area contributed by atoms with Gasteiger partial charge in [-0.2, -0.15) is 0 Å². The van der Waals surface area contributed by atoms with Crippen LogP contribution in [0.25, 0.3) is 0 Å². The Morgan fingerprint density at radius 3 is 2.53 bits per heavy atom. The van der Waals surface area contributed by atoms with Crippen molar-refractivity contribution in [2.45, 2.75) is 57.1 Å². The number of carbonyl (C=O) groups is 1. The molecule has 0 unspecified atom stereocenters. The number of nitrogens with one attached hydrogen (secondary N) is 1. The van der Waals surface area contributed by atoms with Crippen LogP contribution in [0, 0.1) is 11.8 Å². The van der Waals surface area contributed by atoms with Crippen molar-refractivity contribution in [1.29, 1.82) is 0 Å². The van der Waals surface area contributed by atoms with Crippen LogP contribution in [0.5, 0.6) is 0 Å². The summed E-state index contributed by atoms with van der Waals surface area (Å²) in [5.74, 6) is 0.620. The van der Waals surface area contributed by atoms with Gasteiger partial charge in [-0.25, -0.2) is 0 Å². The lowest BCUT2D eigenvalue weighted by Crippen LogP contribution is -2.34. The number of hydrogen-bond acceptors (Lipinski definition) is 3. The summed E-state index contributed by atoms with van der Waals surface area (Å²) in [7, 11) is 0. The minimum atomic E-state index is -0.461. The Hall–Kier alpha value is -0.610. The Labute approximate surface area is 102 Å². The minimum Gasteiger partial charge on any atom is -0.396 e. The molecule has 3 N–H and O–H groups in total. The van der Waals surface area contributed by atoms with Crippen molar-refractivity contribution in [3.05, 3.63) is 0 Å². The van der Waals surface area contributed by atoms with Crippen LogP contribution in [0.2, 0.25) is 0 Å². The first kappa shape index (κ1) is 12.8. The first-order valence-corrected chi connectivity index (χ1v) is 6.77. The molecule has 98 valence electrons. The fourth-order valence-corrected chi connectivity index (χ4v) is 3.18. The minimum absolute atomic E-state index is 0.0101. The summed E-state index contributed by atoms with van der Waals surface area (Å²) in [6.45, 7) is 0.0101. The summed E-state index contributed by atoms with van der Waals surface area (Å²) < 4.78 is 0. The monoisotopic (exact) mass is 241 g/mol. The highest BCUT2D eigenvalue weighted by molar-refractivity contribution is 5.76. The normalized spacial score (nSPS) is 34.1. The Morgan fingerprint density at radius 2 is 1.94 bits per heavy atom. The molecule has 3 atom stereocenters. The van der Waals surface area contributed by atoms with Crippen LogP contribution in [0.3, 0.4) is 0 Å². The highest BCUT2D eigenvalue weighted by atomic mass is 16.3. The van der Waals surface area contributed by atoms with Crippen molar-refractivity contribution in [2.75, 3.05) is 6.61 Å². The van der Waals surface area contributed by atoms with Gasteiger partial charge in [0.25, 0.3) is 0 Å². The molecule has 4 nitrogen and oxygen atoms in total. The van der Waals surface area contributed by atoms with Crippen molar-refractivity contribution in [3.63, 3.8) is 0 Å². The number of hydrogen-bond donors (Lipinski definition) is 3. The summed E-state index contributed by atoms with van der Waals surface area (Å²) >= 11 is 0.